The maximum atomic E-state index is 5.34. The largest absolute Gasteiger partial charge is 0.494 e. The lowest BCUT2D eigenvalue weighted by molar-refractivity contribution is 0.340. The van der Waals surface area contributed by atoms with Gasteiger partial charge in [-0.1, -0.05) is 0 Å². The minimum absolute atomic E-state index is 0.548. The molecule has 0 heterocycles. The van der Waals surface area contributed by atoms with E-state index in [0.717, 1.165) is 11.4 Å². The van der Waals surface area contributed by atoms with Crippen LogP contribution in [0.5, 0.6) is 5.75 Å². The Balaban J connectivity index is 2.63. The minimum Gasteiger partial charge on any atom is -0.494 e. The number of ether oxygens (including phenoxy) is 1. The fourth-order valence-corrected chi connectivity index (χ4v) is 1.22. The van der Waals surface area contributed by atoms with Crippen LogP contribution in [0, 0.1) is 0 Å². The summed E-state index contributed by atoms with van der Waals surface area (Å²) in [5.74, 6) is 6.71. The number of nitrogens with zero attached hydrogens (tertiary/aromatic N) is 1. The molecule has 1 aromatic carbocycles. The summed E-state index contributed by atoms with van der Waals surface area (Å²) >= 11 is 0. The number of hydrazine groups is 1. The molecular formula is C11H18N4O. The van der Waals surface area contributed by atoms with Gasteiger partial charge in [-0.2, -0.15) is 0 Å². The van der Waals surface area contributed by atoms with Crippen molar-refractivity contribution >= 4 is 11.6 Å². The van der Waals surface area contributed by atoms with Crippen molar-refractivity contribution in [1.82, 2.24) is 5.43 Å². The van der Waals surface area contributed by atoms with Crippen LogP contribution in [0.3, 0.4) is 0 Å². The van der Waals surface area contributed by atoms with Gasteiger partial charge in [0.05, 0.1) is 6.61 Å². The normalized spacial score (nSPS) is 11.1. The lowest BCUT2D eigenvalue weighted by Gasteiger charge is -2.09. The number of anilines is 1. The van der Waals surface area contributed by atoms with Crippen LogP contribution in [0.4, 0.5) is 5.69 Å². The van der Waals surface area contributed by atoms with Crippen molar-refractivity contribution in [3.05, 3.63) is 24.3 Å². The van der Waals surface area contributed by atoms with Crippen molar-refractivity contribution in [2.24, 2.45) is 10.8 Å². The highest BCUT2D eigenvalue weighted by molar-refractivity contribution is 5.93. The standard InChI is InChI=1S/C11H18N4O/c1-3-13-11(15-12)14-9-5-7-10(8-6-9)16-4-2/h5-8H,3-4,12H2,1-2H3,(H2,13,14,15). The minimum atomic E-state index is 0.548. The molecule has 0 fully saturated rings. The van der Waals surface area contributed by atoms with Crippen molar-refractivity contribution in [3.8, 4) is 5.75 Å². The predicted molar refractivity (Wildman–Crippen MR) is 66.5 cm³/mol. The molecule has 0 saturated heterocycles. The number of guanidine groups is 1. The fraction of sp³-hybridized carbons (Fsp3) is 0.364. The van der Waals surface area contributed by atoms with Crippen LogP contribution < -0.4 is 21.3 Å². The lowest BCUT2D eigenvalue weighted by Crippen LogP contribution is -2.36. The summed E-state index contributed by atoms with van der Waals surface area (Å²) < 4.78 is 5.34. The van der Waals surface area contributed by atoms with Gasteiger partial charge in [-0.05, 0) is 38.1 Å². The van der Waals surface area contributed by atoms with Gasteiger partial charge in [0.2, 0.25) is 5.96 Å². The van der Waals surface area contributed by atoms with Gasteiger partial charge >= 0.3 is 0 Å². The second-order valence-corrected chi connectivity index (χ2v) is 3.05. The second-order valence-electron chi connectivity index (χ2n) is 3.05. The van der Waals surface area contributed by atoms with E-state index in [-0.39, 0.29) is 0 Å². The topological polar surface area (TPSA) is 71.7 Å². The molecule has 16 heavy (non-hydrogen) atoms. The number of aliphatic imine (C=N–C) groups is 1. The molecule has 88 valence electrons. The van der Waals surface area contributed by atoms with Crippen LogP contribution >= 0.6 is 0 Å². The Morgan fingerprint density at radius 1 is 1.31 bits per heavy atom. The molecule has 0 aliphatic carbocycles. The third-order valence-electron chi connectivity index (χ3n) is 1.88. The maximum absolute atomic E-state index is 5.34. The molecule has 0 unspecified atom stereocenters. The molecule has 0 aromatic heterocycles. The molecule has 5 heteroatoms. The van der Waals surface area contributed by atoms with Crippen molar-refractivity contribution in [2.75, 3.05) is 18.5 Å². The van der Waals surface area contributed by atoms with Gasteiger partial charge in [-0.3, -0.25) is 10.4 Å². The average molecular weight is 222 g/mol. The smallest absolute Gasteiger partial charge is 0.210 e. The summed E-state index contributed by atoms with van der Waals surface area (Å²) in [6.07, 6.45) is 0. The first-order chi connectivity index (χ1) is 7.80. The molecule has 0 spiro atoms. The highest BCUT2D eigenvalue weighted by Gasteiger charge is 1.97. The molecule has 1 aromatic rings. The molecule has 0 aliphatic heterocycles. The van der Waals surface area contributed by atoms with Crippen molar-refractivity contribution in [1.29, 1.82) is 0 Å². The number of hydrogen-bond donors (Lipinski definition) is 3. The Hall–Kier alpha value is -1.75. The Bertz CT molecular complexity index is 334. The summed E-state index contributed by atoms with van der Waals surface area (Å²) in [6.45, 7) is 5.23. The van der Waals surface area contributed by atoms with Gasteiger partial charge in [0.25, 0.3) is 0 Å². The van der Waals surface area contributed by atoms with Crippen molar-refractivity contribution in [2.45, 2.75) is 13.8 Å². The van der Waals surface area contributed by atoms with Crippen LogP contribution in [0.25, 0.3) is 0 Å². The van der Waals surface area contributed by atoms with Gasteiger partial charge < -0.3 is 10.1 Å². The zero-order chi connectivity index (χ0) is 11.8. The summed E-state index contributed by atoms with van der Waals surface area (Å²) in [5.41, 5.74) is 3.41. The van der Waals surface area contributed by atoms with Crippen molar-refractivity contribution < 1.29 is 4.74 Å². The monoisotopic (exact) mass is 222 g/mol. The Morgan fingerprint density at radius 3 is 2.50 bits per heavy atom. The van der Waals surface area contributed by atoms with Gasteiger partial charge in [0.1, 0.15) is 5.75 Å². The molecule has 0 saturated carbocycles. The molecule has 1 rings (SSSR count). The quantitative estimate of drug-likeness (QED) is 0.311. The van der Waals surface area contributed by atoms with Gasteiger partial charge in [-0.25, -0.2) is 5.84 Å². The van der Waals surface area contributed by atoms with E-state index < -0.39 is 0 Å². The zero-order valence-electron chi connectivity index (χ0n) is 9.66. The van der Waals surface area contributed by atoms with E-state index in [0.29, 0.717) is 19.1 Å². The van der Waals surface area contributed by atoms with Gasteiger partial charge in [0, 0.05) is 12.2 Å². The molecule has 4 N–H and O–H groups in total. The molecule has 5 nitrogen and oxygen atoms in total. The number of benzene rings is 1. The van der Waals surface area contributed by atoms with E-state index in [1.165, 1.54) is 0 Å². The number of nitrogens with one attached hydrogen (secondary N) is 2. The Kier molecular flexibility index (Phi) is 5.15. The van der Waals surface area contributed by atoms with E-state index in [1.807, 2.05) is 38.1 Å². The Morgan fingerprint density at radius 2 is 2.00 bits per heavy atom. The summed E-state index contributed by atoms with van der Waals surface area (Å²) in [5, 5.41) is 3.06. The first-order valence-corrected chi connectivity index (χ1v) is 5.31. The number of rotatable bonds is 4. The SMILES string of the molecule is CCN=C(NN)Nc1ccc(OCC)cc1. The van der Waals surface area contributed by atoms with Crippen LogP contribution in [0.15, 0.2) is 29.3 Å². The fourth-order valence-electron chi connectivity index (χ4n) is 1.22. The van der Waals surface area contributed by atoms with E-state index in [2.05, 4.69) is 15.7 Å². The summed E-state index contributed by atoms with van der Waals surface area (Å²) in [4.78, 5) is 4.13. The zero-order valence-corrected chi connectivity index (χ0v) is 9.66. The molecule has 0 aliphatic rings. The highest BCUT2D eigenvalue weighted by atomic mass is 16.5. The average Bonchev–Trinajstić information content (AvgIpc) is 2.31. The third-order valence-corrected chi connectivity index (χ3v) is 1.88. The van der Waals surface area contributed by atoms with Crippen LogP contribution in [-0.4, -0.2) is 19.1 Å². The number of nitrogens with two attached hydrogens (primary N) is 1. The van der Waals surface area contributed by atoms with E-state index in [4.69, 9.17) is 10.6 Å². The highest BCUT2D eigenvalue weighted by Crippen LogP contribution is 2.15. The van der Waals surface area contributed by atoms with Gasteiger partial charge in [0.15, 0.2) is 0 Å². The predicted octanol–water partition coefficient (Wildman–Crippen LogP) is 1.34. The third kappa shape index (κ3) is 3.78. The lowest BCUT2D eigenvalue weighted by atomic mass is 10.3. The summed E-state index contributed by atoms with van der Waals surface area (Å²) in [7, 11) is 0. The van der Waals surface area contributed by atoms with Crippen LogP contribution in [0.2, 0.25) is 0 Å². The van der Waals surface area contributed by atoms with E-state index in [9.17, 15) is 0 Å². The molecule has 0 atom stereocenters. The Labute approximate surface area is 95.7 Å². The first-order valence-electron chi connectivity index (χ1n) is 5.31. The second kappa shape index (κ2) is 6.68. The number of hydrogen-bond acceptors (Lipinski definition) is 3. The molecular weight excluding hydrogens is 204 g/mol. The van der Waals surface area contributed by atoms with Gasteiger partial charge in [-0.15, -0.1) is 0 Å². The van der Waals surface area contributed by atoms with Crippen LogP contribution in [0.1, 0.15) is 13.8 Å². The molecule has 0 bridgehead atoms. The summed E-state index contributed by atoms with van der Waals surface area (Å²) in [6, 6.07) is 7.61. The van der Waals surface area contributed by atoms with E-state index in [1.54, 1.807) is 0 Å². The van der Waals surface area contributed by atoms with E-state index >= 15 is 0 Å². The maximum Gasteiger partial charge on any atom is 0.210 e. The van der Waals surface area contributed by atoms with Crippen LogP contribution in [-0.2, 0) is 0 Å². The molecule has 0 amide bonds. The first kappa shape index (κ1) is 12.3. The molecule has 0 radical (unpaired) electrons. The van der Waals surface area contributed by atoms with Crippen molar-refractivity contribution in [3.63, 3.8) is 0 Å².